The third-order valence-electron chi connectivity index (χ3n) is 6.63. The van der Waals surface area contributed by atoms with Crippen molar-refractivity contribution in [2.45, 2.75) is 44.1 Å². The largest absolute Gasteiger partial charge is 0.492 e. The summed E-state index contributed by atoms with van der Waals surface area (Å²) in [6.07, 6.45) is -5.39. The van der Waals surface area contributed by atoms with Crippen LogP contribution < -0.4 is 20.5 Å². The zero-order chi connectivity index (χ0) is 29.5. The molecule has 9 nitrogen and oxygen atoms in total. The molecule has 1 unspecified atom stereocenters. The average molecular weight is 588 g/mol. The van der Waals surface area contributed by atoms with Crippen molar-refractivity contribution in [3.8, 4) is 0 Å². The molecule has 0 saturated heterocycles. The van der Waals surface area contributed by atoms with E-state index in [4.69, 9.17) is 4.42 Å². The molecular formula is C28H24F3N3O6S. The van der Waals surface area contributed by atoms with Crippen LogP contribution in [0.25, 0.3) is 11.0 Å². The lowest BCUT2D eigenvalue weighted by atomic mass is 10.0. The topological polar surface area (TPSA) is 118 Å². The highest BCUT2D eigenvalue weighted by Gasteiger charge is 2.42. The normalized spacial score (nSPS) is 14.1. The Labute approximate surface area is 232 Å². The molecule has 4 aromatic rings. The summed E-state index contributed by atoms with van der Waals surface area (Å²) in [5.74, 6) is -2.33. The fraction of sp³-hybridized carbons (Fsp3) is 0.214. The SMILES string of the molecule is Cc1cc(C(C)Nc2ccccc2S(=O)(=O)NOC(=O)C(F)(F)F)c2oc(N3Cc4ccccc4C3)cc(=O)c2c1. The standard InChI is InChI=1S/C28H24F3N3O6S/c1-16-11-20(17(2)32-22-9-5-6-10-24(22)41(37,38)33-40-27(36)28(29,30)31)26-21(12-16)23(35)13-25(39-26)34-14-18-7-3-4-8-19(18)15-34/h3-13,17,32-33H,14-15H2,1-2H3. The molecule has 1 aromatic heterocycles. The molecule has 5 rings (SSSR count). The smallest absolute Gasteiger partial charge is 0.440 e. The Kier molecular flexibility index (Phi) is 7.26. The molecule has 1 atom stereocenters. The lowest BCUT2D eigenvalue weighted by molar-refractivity contribution is -0.203. The molecule has 0 radical (unpaired) electrons. The molecule has 0 saturated carbocycles. The molecule has 2 heterocycles. The summed E-state index contributed by atoms with van der Waals surface area (Å²) in [6, 6.07) is 17.6. The van der Waals surface area contributed by atoms with Crippen molar-refractivity contribution < 1.29 is 35.6 Å². The Morgan fingerprint density at radius 2 is 1.66 bits per heavy atom. The van der Waals surface area contributed by atoms with Gasteiger partial charge in [0.1, 0.15) is 10.5 Å². The van der Waals surface area contributed by atoms with E-state index in [1.54, 1.807) is 26.0 Å². The van der Waals surface area contributed by atoms with Crippen LogP contribution in [0.2, 0.25) is 0 Å². The maximum atomic E-state index is 13.2. The van der Waals surface area contributed by atoms with Crippen molar-refractivity contribution in [1.82, 2.24) is 4.89 Å². The second kappa shape index (κ2) is 10.6. The third-order valence-corrected chi connectivity index (χ3v) is 7.87. The fourth-order valence-electron chi connectivity index (χ4n) is 4.72. The molecule has 0 spiro atoms. The molecule has 0 amide bonds. The van der Waals surface area contributed by atoms with Crippen LogP contribution >= 0.6 is 0 Å². The van der Waals surface area contributed by atoms with Gasteiger partial charge in [0.2, 0.25) is 5.88 Å². The second-order valence-corrected chi connectivity index (χ2v) is 11.3. The van der Waals surface area contributed by atoms with Gasteiger partial charge in [0.05, 0.1) is 17.1 Å². The second-order valence-electron chi connectivity index (χ2n) is 9.64. The predicted octanol–water partition coefficient (Wildman–Crippen LogP) is 5.09. The summed E-state index contributed by atoms with van der Waals surface area (Å²) in [4.78, 5) is 30.7. The number of nitrogens with zero attached hydrogens (tertiary/aromatic N) is 1. The maximum absolute atomic E-state index is 13.2. The highest BCUT2D eigenvalue weighted by Crippen LogP contribution is 2.34. The number of sulfonamides is 1. The molecule has 13 heteroatoms. The summed E-state index contributed by atoms with van der Waals surface area (Å²) < 4.78 is 69.2. The Morgan fingerprint density at radius 3 is 2.32 bits per heavy atom. The molecule has 214 valence electrons. The van der Waals surface area contributed by atoms with Crippen LogP contribution in [0.4, 0.5) is 24.7 Å². The zero-order valence-corrected chi connectivity index (χ0v) is 22.6. The van der Waals surface area contributed by atoms with Crippen LogP contribution in [0.3, 0.4) is 0 Å². The molecular weight excluding hydrogens is 563 g/mol. The minimum Gasteiger partial charge on any atom is -0.440 e. The van der Waals surface area contributed by atoms with Gasteiger partial charge in [-0.25, -0.2) is 13.2 Å². The Morgan fingerprint density at radius 1 is 1.02 bits per heavy atom. The van der Waals surface area contributed by atoms with Gasteiger partial charge in [0, 0.05) is 24.7 Å². The lowest BCUT2D eigenvalue weighted by Crippen LogP contribution is -2.34. The molecule has 41 heavy (non-hydrogen) atoms. The first-order chi connectivity index (χ1) is 19.3. The first kappa shape index (κ1) is 28.2. The lowest BCUT2D eigenvalue weighted by Gasteiger charge is -2.21. The van der Waals surface area contributed by atoms with E-state index in [1.807, 2.05) is 29.2 Å². The average Bonchev–Trinajstić information content (AvgIpc) is 3.36. The summed E-state index contributed by atoms with van der Waals surface area (Å²) in [6.45, 7) is 4.65. The van der Waals surface area contributed by atoms with E-state index in [0.717, 1.165) is 22.8 Å². The molecule has 0 fully saturated rings. The number of hydrogen-bond donors (Lipinski definition) is 2. The van der Waals surface area contributed by atoms with Crippen LogP contribution in [0.15, 0.2) is 80.8 Å². The predicted molar refractivity (Wildman–Crippen MR) is 144 cm³/mol. The van der Waals surface area contributed by atoms with Gasteiger partial charge in [-0.3, -0.25) is 4.79 Å². The number of nitrogens with one attached hydrogen (secondary N) is 2. The van der Waals surface area contributed by atoms with E-state index in [-0.39, 0.29) is 11.1 Å². The minimum atomic E-state index is -5.39. The van der Waals surface area contributed by atoms with E-state index < -0.39 is 33.1 Å². The van der Waals surface area contributed by atoms with Gasteiger partial charge in [-0.2, -0.15) is 13.2 Å². The van der Waals surface area contributed by atoms with Gasteiger partial charge in [-0.1, -0.05) is 42.5 Å². The number of halogens is 3. The Balaban J connectivity index is 1.47. The van der Waals surface area contributed by atoms with Gasteiger partial charge < -0.3 is 19.5 Å². The van der Waals surface area contributed by atoms with E-state index in [0.29, 0.717) is 35.5 Å². The van der Waals surface area contributed by atoms with Crippen molar-refractivity contribution in [3.63, 3.8) is 0 Å². The van der Waals surface area contributed by atoms with E-state index in [2.05, 4.69) is 10.2 Å². The molecule has 3 aromatic carbocycles. The summed E-state index contributed by atoms with van der Waals surface area (Å²) in [5.41, 5.74) is 3.65. The number of carbonyl (C=O) groups excluding carboxylic acids is 1. The van der Waals surface area contributed by atoms with Gasteiger partial charge in [0.25, 0.3) is 10.0 Å². The number of alkyl halides is 3. The quantitative estimate of drug-likeness (QED) is 0.287. The summed E-state index contributed by atoms with van der Waals surface area (Å²) in [7, 11) is -4.71. The van der Waals surface area contributed by atoms with Gasteiger partial charge in [-0.05, 0) is 53.6 Å². The molecule has 1 aliphatic rings. The zero-order valence-electron chi connectivity index (χ0n) is 21.8. The number of fused-ring (bicyclic) bond motifs is 2. The summed E-state index contributed by atoms with van der Waals surface area (Å²) in [5, 5.41) is 3.38. The van der Waals surface area contributed by atoms with Crippen LogP contribution in [-0.4, -0.2) is 20.6 Å². The summed E-state index contributed by atoms with van der Waals surface area (Å²) >= 11 is 0. The van der Waals surface area contributed by atoms with Gasteiger partial charge in [0.15, 0.2) is 5.43 Å². The monoisotopic (exact) mass is 587 g/mol. The Hall–Kier alpha value is -4.36. The van der Waals surface area contributed by atoms with Crippen molar-refractivity contribution in [1.29, 1.82) is 0 Å². The van der Waals surface area contributed by atoms with Gasteiger partial charge >= 0.3 is 12.1 Å². The maximum Gasteiger partial charge on any atom is 0.492 e. The molecule has 1 aliphatic heterocycles. The molecule has 2 N–H and O–H groups in total. The number of para-hydroxylation sites is 1. The highest BCUT2D eigenvalue weighted by molar-refractivity contribution is 7.89. The van der Waals surface area contributed by atoms with Crippen molar-refractivity contribution in [2.75, 3.05) is 10.2 Å². The Bertz CT molecular complexity index is 1800. The highest BCUT2D eigenvalue weighted by atomic mass is 32.2. The van der Waals surface area contributed by atoms with E-state index in [1.165, 1.54) is 29.2 Å². The van der Waals surface area contributed by atoms with Crippen molar-refractivity contribution in [2.24, 2.45) is 0 Å². The number of carbonyl (C=O) groups is 1. The molecule has 0 aliphatic carbocycles. The fourth-order valence-corrected chi connectivity index (χ4v) is 5.66. The number of anilines is 2. The number of rotatable bonds is 7. The first-order valence-electron chi connectivity index (χ1n) is 12.4. The third kappa shape index (κ3) is 5.77. The van der Waals surface area contributed by atoms with Crippen LogP contribution in [0.1, 0.15) is 35.2 Å². The van der Waals surface area contributed by atoms with Crippen LogP contribution in [-0.2, 0) is 32.7 Å². The van der Waals surface area contributed by atoms with Gasteiger partial charge in [-0.15, -0.1) is 0 Å². The van der Waals surface area contributed by atoms with E-state index in [9.17, 15) is 31.2 Å². The minimum absolute atomic E-state index is 0.0127. The van der Waals surface area contributed by atoms with Crippen LogP contribution in [0.5, 0.6) is 0 Å². The number of benzene rings is 3. The number of aryl methyl sites for hydroxylation is 1. The molecule has 0 bridgehead atoms. The van der Waals surface area contributed by atoms with Crippen molar-refractivity contribution >= 4 is 38.5 Å². The number of hydrogen-bond acceptors (Lipinski definition) is 8. The van der Waals surface area contributed by atoms with Crippen molar-refractivity contribution in [3.05, 3.63) is 99.2 Å². The first-order valence-corrected chi connectivity index (χ1v) is 13.9. The van der Waals surface area contributed by atoms with Crippen LogP contribution in [0, 0.1) is 6.92 Å². The van der Waals surface area contributed by atoms with E-state index >= 15 is 0 Å².